The molecule has 4 nitrogen and oxygen atoms in total. The van der Waals surface area contributed by atoms with Crippen LogP contribution in [-0.2, 0) is 5.54 Å². The summed E-state index contributed by atoms with van der Waals surface area (Å²) in [5.41, 5.74) is 2.06. The molecule has 98 valence electrons. The lowest BCUT2D eigenvalue weighted by molar-refractivity contribution is 0.0691. The Morgan fingerprint density at radius 2 is 1.95 bits per heavy atom. The van der Waals surface area contributed by atoms with E-state index in [0.717, 1.165) is 16.5 Å². The zero-order chi connectivity index (χ0) is 13.9. The SMILES string of the molecule is Cc1nc(Cl)c2cc3c(cc2n1)C(=O)N(C)C3(C)C. The number of rotatable bonds is 0. The summed E-state index contributed by atoms with van der Waals surface area (Å²) >= 11 is 6.18. The van der Waals surface area contributed by atoms with Crippen LogP contribution >= 0.6 is 11.6 Å². The van der Waals surface area contributed by atoms with Crippen molar-refractivity contribution in [3.05, 3.63) is 34.2 Å². The van der Waals surface area contributed by atoms with Crippen molar-refractivity contribution in [2.45, 2.75) is 26.3 Å². The lowest BCUT2D eigenvalue weighted by Crippen LogP contribution is -2.35. The fraction of sp³-hybridized carbons (Fsp3) is 0.357. The molecule has 0 atom stereocenters. The second-order valence-corrected chi connectivity index (χ2v) is 5.76. The number of hydrogen-bond acceptors (Lipinski definition) is 3. The summed E-state index contributed by atoms with van der Waals surface area (Å²) in [5, 5.41) is 1.23. The van der Waals surface area contributed by atoms with Crippen molar-refractivity contribution < 1.29 is 4.79 Å². The van der Waals surface area contributed by atoms with Gasteiger partial charge in [-0.3, -0.25) is 4.79 Å². The van der Waals surface area contributed by atoms with Gasteiger partial charge >= 0.3 is 0 Å². The average molecular weight is 276 g/mol. The summed E-state index contributed by atoms with van der Waals surface area (Å²) in [4.78, 5) is 22.5. The number of carbonyl (C=O) groups is 1. The molecule has 1 aromatic heterocycles. The van der Waals surface area contributed by atoms with Crippen LogP contribution in [0, 0.1) is 6.92 Å². The fourth-order valence-corrected chi connectivity index (χ4v) is 2.82. The summed E-state index contributed by atoms with van der Waals surface area (Å²) in [6.07, 6.45) is 0. The van der Waals surface area contributed by atoms with Gasteiger partial charge < -0.3 is 4.90 Å². The van der Waals surface area contributed by atoms with E-state index in [4.69, 9.17) is 11.6 Å². The van der Waals surface area contributed by atoms with Gasteiger partial charge in [0.2, 0.25) is 0 Å². The summed E-state index contributed by atoms with van der Waals surface area (Å²) < 4.78 is 0. The molecule has 0 saturated heterocycles. The molecule has 2 aromatic rings. The normalized spacial score (nSPS) is 17.1. The Labute approximate surface area is 116 Å². The lowest BCUT2D eigenvalue weighted by Gasteiger charge is -2.28. The van der Waals surface area contributed by atoms with Gasteiger partial charge in [-0.2, -0.15) is 0 Å². The standard InChI is InChI=1S/C14H14ClN3O/c1-7-16-11-6-8-10(5-9(11)12(15)17-7)14(2,3)18(4)13(8)19/h5-6H,1-4H3. The maximum Gasteiger partial charge on any atom is 0.254 e. The van der Waals surface area contributed by atoms with E-state index in [0.29, 0.717) is 16.5 Å². The molecule has 1 aliphatic heterocycles. The van der Waals surface area contributed by atoms with Gasteiger partial charge in [0.1, 0.15) is 11.0 Å². The van der Waals surface area contributed by atoms with Gasteiger partial charge in [-0.25, -0.2) is 9.97 Å². The number of amides is 1. The van der Waals surface area contributed by atoms with Gasteiger partial charge in [-0.15, -0.1) is 0 Å². The third kappa shape index (κ3) is 1.56. The zero-order valence-corrected chi connectivity index (χ0v) is 12.0. The van der Waals surface area contributed by atoms with E-state index in [1.54, 1.807) is 11.8 Å². The molecule has 2 heterocycles. The molecule has 5 heteroatoms. The number of fused-ring (bicyclic) bond motifs is 2. The summed E-state index contributed by atoms with van der Waals surface area (Å²) in [6.45, 7) is 5.83. The van der Waals surface area contributed by atoms with E-state index < -0.39 is 0 Å². The van der Waals surface area contributed by atoms with Crippen LogP contribution in [0.5, 0.6) is 0 Å². The Bertz CT molecular complexity index is 724. The smallest absolute Gasteiger partial charge is 0.254 e. The Morgan fingerprint density at radius 1 is 1.26 bits per heavy atom. The van der Waals surface area contributed by atoms with E-state index in [-0.39, 0.29) is 11.4 Å². The average Bonchev–Trinajstić information content (AvgIpc) is 2.49. The number of hydrogen-bond donors (Lipinski definition) is 0. The highest BCUT2D eigenvalue weighted by molar-refractivity contribution is 6.34. The largest absolute Gasteiger partial charge is 0.332 e. The first-order valence-corrected chi connectivity index (χ1v) is 6.46. The first-order valence-electron chi connectivity index (χ1n) is 6.09. The van der Waals surface area contributed by atoms with E-state index in [9.17, 15) is 4.79 Å². The Balaban J connectivity index is 2.40. The van der Waals surface area contributed by atoms with E-state index in [1.807, 2.05) is 33.0 Å². The molecular formula is C14H14ClN3O. The Hall–Kier alpha value is -1.68. The number of benzene rings is 1. The van der Waals surface area contributed by atoms with Gasteiger partial charge in [0.05, 0.1) is 11.1 Å². The number of nitrogens with zero attached hydrogens (tertiary/aromatic N) is 3. The molecule has 3 rings (SSSR count). The van der Waals surface area contributed by atoms with Crippen molar-refractivity contribution in [3.63, 3.8) is 0 Å². The van der Waals surface area contributed by atoms with Gasteiger partial charge in [0.25, 0.3) is 5.91 Å². The molecule has 1 aliphatic rings. The second kappa shape index (κ2) is 3.67. The van der Waals surface area contributed by atoms with Crippen LogP contribution in [0.3, 0.4) is 0 Å². The van der Waals surface area contributed by atoms with Crippen molar-refractivity contribution in [3.8, 4) is 0 Å². The van der Waals surface area contributed by atoms with Crippen LogP contribution < -0.4 is 0 Å². The van der Waals surface area contributed by atoms with Crippen LogP contribution in [0.1, 0.15) is 35.6 Å². The molecular weight excluding hydrogens is 262 g/mol. The van der Waals surface area contributed by atoms with Crippen molar-refractivity contribution in [2.75, 3.05) is 7.05 Å². The summed E-state index contributed by atoms with van der Waals surface area (Å²) in [5.74, 6) is 0.629. The molecule has 0 unspecified atom stereocenters. The molecule has 0 saturated carbocycles. The van der Waals surface area contributed by atoms with Crippen molar-refractivity contribution in [1.82, 2.24) is 14.9 Å². The van der Waals surface area contributed by atoms with Crippen molar-refractivity contribution >= 4 is 28.4 Å². The van der Waals surface area contributed by atoms with Crippen molar-refractivity contribution in [1.29, 1.82) is 0 Å². The van der Waals surface area contributed by atoms with Crippen LogP contribution in [0.4, 0.5) is 0 Å². The number of halogens is 1. The Kier molecular flexibility index (Phi) is 2.39. The highest BCUT2D eigenvalue weighted by Gasteiger charge is 2.40. The van der Waals surface area contributed by atoms with Gasteiger partial charge in [-0.1, -0.05) is 11.6 Å². The van der Waals surface area contributed by atoms with E-state index in [2.05, 4.69) is 9.97 Å². The molecule has 0 bridgehead atoms. The third-order valence-electron chi connectivity index (χ3n) is 3.93. The highest BCUT2D eigenvalue weighted by Crippen LogP contribution is 2.40. The topological polar surface area (TPSA) is 46.1 Å². The predicted octanol–water partition coefficient (Wildman–Crippen LogP) is 2.91. The second-order valence-electron chi connectivity index (χ2n) is 5.40. The van der Waals surface area contributed by atoms with Gasteiger partial charge in [0.15, 0.2) is 0 Å². The zero-order valence-electron chi connectivity index (χ0n) is 11.3. The predicted molar refractivity (Wildman–Crippen MR) is 74.4 cm³/mol. The first kappa shape index (κ1) is 12.4. The molecule has 0 spiro atoms. The van der Waals surface area contributed by atoms with E-state index in [1.165, 1.54) is 0 Å². The first-order chi connectivity index (χ1) is 8.82. The maximum atomic E-state index is 12.3. The monoisotopic (exact) mass is 275 g/mol. The molecule has 0 N–H and O–H groups in total. The minimum Gasteiger partial charge on any atom is -0.332 e. The summed E-state index contributed by atoms with van der Waals surface area (Å²) in [7, 11) is 1.81. The van der Waals surface area contributed by atoms with Crippen LogP contribution in [0.2, 0.25) is 5.15 Å². The molecule has 1 aromatic carbocycles. The molecule has 1 amide bonds. The van der Waals surface area contributed by atoms with E-state index >= 15 is 0 Å². The van der Waals surface area contributed by atoms with Crippen LogP contribution in [-0.4, -0.2) is 27.8 Å². The lowest BCUT2D eigenvalue weighted by atomic mass is 9.93. The number of aromatic nitrogens is 2. The molecule has 19 heavy (non-hydrogen) atoms. The third-order valence-corrected chi connectivity index (χ3v) is 4.22. The minimum absolute atomic E-state index is 0.0225. The maximum absolute atomic E-state index is 12.3. The Morgan fingerprint density at radius 3 is 2.63 bits per heavy atom. The number of carbonyl (C=O) groups excluding carboxylic acids is 1. The minimum atomic E-state index is -0.338. The molecule has 0 radical (unpaired) electrons. The molecule has 0 aliphatic carbocycles. The number of aryl methyl sites for hydroxylation is 1. The highest BCUT2D eigenvalue weighted by atomic mass is 35.5. The summed E-state index contributed by atoms with van der Waals surface area (Å²) in [6, 6.07) is 3.76. The van der Waals surface area contributed by atoms with Crippen LogP contribution in [0.25, 0.3) is 10.9 Å². The van der Waals surface area contributed by atoms with Gasteiger partial charge in [0, 0.05) is 18.0 Å². The van der Waals surface area contributed by atoms with Crippen molar-refractivity contribution in [2.24, 2.45) is 0 Å². The molecule has 0 fully saturated rings. The fourth-order valence-electron chi connectivity index (χ4n) is 2.55. The van der Waals surface area contributed by atoms with Crippen LogP contribution in [0.15, 0.2) is 12.1 Å². The van der Waals surface area contributed by atoms with Gasteiger partial charge in [-0.05, 0) is 38.5 Å². The quantitative estimate of drug-likeness (QED) is 0.695.